The second-order valence-corrected chi connectivity index (χ2v) is 4.34. The lowest BCUT2D eigenvalue weighted by Crippen LogP contribution is -2.41. The SMILES string of the molecule is O=C(NCc1ccccn1)C1CSCN1. The van der Waals surface area contributed by atoms with Gasteiger partial charge in [-0.1, -0.05) is 6.07 Å². The van der Waals surface area contributed by atoms with Crippen molar-refractivity contribution in [2.24, 2.45) is 0 Å². The molecule has 0 bridgehead atoms. The van der Waals surface area contributed by atoms with Crippen molar-refractivity contribution in [2.45, 2.75) is 12.6 Å². The van der Waals surface area contributed by atoms with Crippen molar-refractivity contribution in [3.8, 4) is 0 Å². The number of thioether (sulfide) groups is 1. The molecular weight excluding hydrogens is 210 g/mol. The van der Waals surface area contributed by atoms with Gasteiger partial charge >= 0.3 is 0 Å². The molecule has 2 heterocycles. The fraction of sp³-hybridized carbons (Fsp3) is 0.400. The van der Waals surface area contributed by atoms with Gasteiger partial charge in [-0.15, -0.1) is 11.8 Å². The second-order valence-electron chi connectivity index (χ2n) is 3.31. The summed E-state index contributed by atoms with van der Waals surface area (Å²) in [5.74, 6) is 1.78. The van der Waals surface area contributed by atoms with E-state index in [1.807, 2.05) is 18.2 Å². The van der Waals surface area contributed by atoms with Crippen LogP contribution in [0.3, 0.4) is 0 Å². The normalized spacial score (nSPS) is 20.1. The third-order valence-corrected chi connectivity index (χ3v) is 3.14. The summed E-state index contributed by atoms with van der Waals surface area (Å²) in [5, 5.41) is 5.99. The molecule has 5 heteroatoms. The van der Waals surface area contributed by atoms with Crippen LogP contribution in [0.2, 0.25) is 0 Å². The Kier molecular flexibility index (Phi) is 3.58. The minimum atomic E-state index is -0.0429. The first-order valence-electron chi connectivity index (χ1n) is 4.85. The van der Waals surface area contributed by atoms with Gasteiger partial charge in [0.1, 0.15) is 0 Å². The van der Waals surface area contributed by atoms with Crippen molar-refractivity contribution in [1.29, 1.82) is 0 Å². The van der Waals surface area contributed by atoms with Gasteiger partial charge in [-0.25, -0.2) is 0 Å². The summed E-state index contributed by atoms with van der Waals surface area (Å²) < 4.78 is 0. The van der Waals surface area contributed by atoms with Crippen LogP contribution >= 0.6 is 11.8 Å². The highest BCUT2D eigenvalue weighted by Crippen LogP contribution is 2.09. The average Bonchev–Trinajstić information content (AvgIpc) is 2.81. The van der Waals surface area contributed by atoms with Crippen molar-refractivity contribution < 1.29 is 4.79 Å². The number of carbonyl (C=O) groups excluding carboxylic acids is 1. The summed E-state index contributed by atoms with van der Waals surface area (Å²) >= 11 is 1.74. The topological polar surface area (TPSA) is 54.0 Å². The first-order chi connectivity index (χ1) is 7.36. The van der Waals surface area contributed by atoms with Gasteiger partial charge in [-0.05, 0) is 12.1 Å². The molecule has 1 atom stereocenters. The molecule has 1 amide bonds. The van der Waals surface area contributed by atoms with Crippen LogP contribution in [0.1, 0.15) is 5.69 Å². The third-order valence-electron chi connectivity index (χ3n) is 2.20. The van der Waals surface area contributed by atoms with E-state index in [-0.39, 0.29) is 11.9 Å². The van der Waals surface area contributed by atoms with Gasteiger partial charge in [-0.3, -0.25) is 15.1 Å². The zero-order chi connectivity index (χ0) is 10.5. The molecule has 4 nitrogen and oxygen atoms in total. The summed E-state index contributed by atoms with van der Waals surface area (Å²) in [4.78, 5) is 15.7. The van der Waals surface area contributed by atoms with E-state index in [9.17, 15) is 4.79 Å². The Morgan fingerprint density at radius 1 is 1.67 bits per heavy atom. The number of hydrogen-bond donors (Lipinski definition) is 2. The van der Waals surface area contributed by atoms with E-state index in [1.165, 1.54) is 0 Å². The number of carbonyl (C=O) groups is 1. The molecule has 0 aromatic carbocycles. The van der Waals surface area contributed by atoms with E-state index in [0.29, 0.717) is 6.54 Å². The highest BCUT2D eigenvalue weighted by molar-refractivity contribution is 7.99. The lowest BCUT2D eigenvalue weighted by atomic mass is 10.3. The second kappa shape index (κ2) is 5.14. The Hall–Kier alpha value is -1.07. The van der Waals surface area contributed by atoms with Gasteiger partial charge in [0.05, 0.1) is 18.3 Å². The van der Waals surface area contributed by atoms with Crippen molar-refractivity contribution in [1.82, 2.24) is 15.6 Å². The molecule has 2 rings (SSSR count). The summed E-state index contributed by atoms with van der Waals surface area (Å²) in [6.45, 7) is 0.502. The molecule has 15 heavy (non-hydrogen) atoms. The molecule has 1 fully saturated rings. The monoisotopic (exact) mass is 223 g/mol. The van der Waals surface area contributed by atoms with Crippen LogP contribution in [0, 0.1) is 0 Å². The summed E-state index contributed by atoms with van der Waals surface area (Å²) in [5.41, 5.74) is 0.886. The van der Waals surface area contributed by atoms with E-state index in [4.69, 9.17) is 0 Å². The van der Waals surface area contributed by atoms with Gasteiger partial charge < -0.3 is 5.32 Å². The molecular formula is C10H13N3OS. The third kappa shape index (κ3) is 2.94. The largest absolute Gasteiger partial charge is 0.349 e. The molecule has 1 aliphatic rings. The molecule has 1 aromatic rings. The fourth-order valence-corrected chi connectivity index (χ4v) is 2.31. The standard InChI is InChI=1S/C10H13N3OS/c14-10(9-6-15-7-13-9)12-5-8-3-1-2-4-11-8/h1-4,9,13H,5-7H2,(H,12,14). The Bertz CT molecular complexity index is 325. The average molecular weight is 223 g/mol. The predicted molar refractivity (Wildman–Crippen MR) is 60.3 cm³/mol. The first kappa shape index (κ1) is 10.4. The van der Waals surface area contributed by atoms with Crippen molar-refractivity contribution >= 4 is 17.7 Å². The molecule has 1 aromatic heterocycles. The smallest absolute Gasteiger partial charge is 0.238 e. The van der Waals surface area contributed by atoms with Gasteiger partial charge in [0.2, 0.25) is 5.91 Å². The maximum atomic E-state index is 11.6. The van der Waals surface area contributed by atoms with Crippen molar-refractivity contribution in [3.63, 3.8) is 0 Å². The molecule has 0 saturated carbocycles. The zero-order valence-corrected chi connectivity index (χ0v) is 9.09. The lowest BCUT2D eigenvalue weighted by Gasteiger charge is -2.09. The minimum absolute atomic E-state index is 0.0429. The van der Waals surface area contributed by atoms with Crippen LogP contribution in [-0.2, 0) is 11.3 Å². The van der Waals surface area contributed by atoms with Crippen LogP contribution in [0.25, 0.3) is 0 Å². The number of amides is 1. The van der Waals surface area contributed by atoms with E-state index in [0.717, 1.165) is 17.3 Å². The fourth-order valence-electron chi connectivity index (χ4n) is 1.37. The highest BCUT2D eigenvalue weighted by Gasteiger charge is 2.21. The van der Waals surface area contributed by atoms with Crippen LogP contribution in [-0.4, -0.2) is 28.6 Å². The van der Waals surface area contributed by atoms with Crippen LogP contribution in [0.4, 0.5) is 0 Å². The van der Waals surface area contributed by atoms with Crippen LogP contribution in [0.5, 0.6) is 0 Å². The van der Waals surface area contributed by atoms with Gasteiger partial charge in [0.15, 0.2) is 0 Å². The molecule has 1 aliphatic heterocycles. The summed E-state index contributed by atoms with van der Waals surface area (Å²) in [6.07, 6.45) is 1.73. The van der Waals surface area contributed by atoms with Crippen molar-refractivity contribution in [3.05, 3.63) is 30.1 Å². The number of nitrogens with one attached hydrogen (secondary N) is 2. The van der Waals surface area contributed by atoms with E-state index >= 15 is 0 Å². The number of hydrogen-bond acceptors (Lipinski definition) is 4. The van der Waals surface area contributed by atoms with E-state index in [1.54, 1.807) is 18.0 Å². The quantitative estimate of drug-likeness (QED) is 0.777. The van der Waals surface area contributed by atoms with E-state index < -0.39 is 0 Å². The molecule has 0 radical (unpaired) electrons. The Morgan fingerprint density at radius 2 is 2.60 bits per heavy atom. The Morgan fingerprint density at radius 3 is 3.27 bits per heavy atom. The number of rotatable bonds is 3. The highest BCUT2D eigenvalue weighted by atomic mass is 32.2. The zero-order valence-electron chi connectivity index (χ0n) is 8.27. The molecule has 2 N–H and O–H groups in total. The number of nitrogens with zero attached hydrogens (tertiary/aromatic N) is 1. The predicted octanol–water partition coefficient (Wildman–Crippen LogP) is 0.360. The van der Waals surface area contributed by atoms with E-state index in [2.05, 4.69) is 15.6 Å². The van der Waals surface area contributed by atoms with Crippen LogP contribution in [0.15, 0.2) is 24.4 Å². The Balaban J connectivity index is 1.80. The van der Waals surface area contributed by atoms with Gasteiger partial charge in [-0.2, -0.15) is 0 Å². The first-order valence-corrected chi connectivity index (χ1v) is 6.00. The summed E-state index contributed by atoms with van der Waals surface area (Å²) in [6, 6.07) is 5.63. The molecule has 1 unspecified atom stereocenters. The van der Waals surface area contributed by atoms with Gasteiger partial charge in [0, 0.05) is 17.8 Å². The maximum absolute atomic E-state index is 11.6. The van der Waals surface area contributed by atoms with Gasteiger partial charge in [0.25, 0.3) is 0 Å². The molecule has 0 spiro atoms. The van der Waals surface area contributed by atoms with Crippen molar-refractivity contribution in [2.75, 3.05) is 11.6 Å². The Labute approximate surface area is 92.9 Å². The molecule has 80 valence electrons. The number of aromatic nitrogens is 1. The minimum Gasteiger partial charge on any atom is -0.349 e. The lowest BCUT2D eigenvalue weighted by molar-refractivity contribution is -0.122. The summed E-state index contributed by atoms with van der Waals surface area (Å²) in [7, 11) is 0. The number of pyridine rings is 1. The van der Waals surface area contributed by atoms with Crippen LogP contribution < -0.4 is 10.6 Å². The maximum Gasteiger partial charge on any atom is 0.238 e. The molecule has 0 aliphatic carbocycles. The molecule has 1 saturated heterocycles.